The lowest BCUT2D eigenvalue weighted by Crippen LogP contribution is -2.41. The zero-order valence-corrected chi connectivity index (χ0v) is 18.1. The maximum Gasteiger partial charge on any atom is 0.119 e. The van der Waals surface area contributed by atoms with Crippen LogP contribution in [-0.2, 0) is 6.42 Å². The first kappa shape index (κ1) is 20.0. The summed E-state index contributed by atoms with van der Waals surface area (Å²) in [6.45, 7) is 7.70. The summed E-state index contributed by atoms with van der Waals surface area (Å²) in [5.41, 5.74) is 6.39. The summed E-state index contributed by atoms with van der Waals surface area (Å²) >= 11 is 0. The van der Waals surface area contributed by atoms with Crippen molar-refractivity contribution in [2.75, 3.05) is 6.61 Å². The molecule has 3 aliphatic carbocycles. The number of hydrogen-bond donors (Lipinski definition) is 1. The molecule has 4 rings (SSSR count). The van der Waals surface area contributed by atoms with Gasteiger partial charge in [0, 0.05) is 5.41 Å². The first-order valence-electron chi connectivity index (χ1n) is 11.7. The monoisotopic (exact) mass is 382 g/mol. The number of allylic oxidation sites excluding steroid dienone is 2. The van der Waals surface area contributed by atoms with E-state index < -0.39 is 0 Å². The van der Waals surface area contributed by atoms with Gasteiger partial charge >= 0.3 is 0 Å². The Balaban J connectivity index is 1.58. The lowest BCUT2D eigenvalue weighted by Gasteiger charge is -2.46. The van der Waals surface area contributed by atoms with Gasteiger partial charge in [-0.3, -0.25) is 0 Å². The number of aryl methyl sites for hydroxylation is 1. The molecule has 0 bridgehead atoms. The summed E-state index contributed by atoms with van der Waals surface area (Å²) < 4.78 is 6.00. The highest BCUT2D eigenvalue weighted by Crippen LogP contribution is 2.60. The molecule has 1 N–H and O–H groups in total. The molecule has 2 nitrogen and oxygen atoms in total. The standard InChI is InChI=1S/C26H38O2/c1-4-5-6-15-28-20-8-10-21-19(16-20)7-9-23-22(21)13-14-26(17-18(2)3)24(23)11-12-25(26)27/h8,10,16,18,24-25,27H,4-7,9,11-15,17H2,1-3H3/t24-,25-,26+/m0/s1. The number of aliphatic hydroxyl groups is 1. The van der Waals surface area contributed by atoms with Gasteiger partial charge in [-0.25, -0.2) is 0 Å². The van der Waals surface area contributed by atoms with Gasteiger partial charge in [0.1, 0.15) is 5.75 Å². The summed E-state index contributed by atoms with van der Waals surface area (Å²) in [6.07, 6.45) is 11.5. The molecule has 2 heteroatoms. The van der Waals surface area contributed by atoms with Crippen LogP contribution in [0.1, 0.15) is 89.7 Å². The van der Waals surface area contributed by atoms with E-state index in [1.54, 1.807) is 11.1 Å². The van der Waals surface area contributed by atoms with Crippen molar-refractivity contribution in [1.82, 2.24) is 0 Å². The number of fused-ring (bicyclic) bond motifs is 4. The minimum Gasteiger partial charge on any atom is -0.494 e. The molecule has 1 saturated carbocycles. The number of hydrogen-bond acceptors (Lipinski definition) is 2. The SMILES string of the molecule is CCCCCOc1ccc2c(c1)CCC1=C2CC[C@]2(CC(C)C)[C@@H](O)CC[C@@H]12. The third-order valence-corrected chi connectivity index (χ3v) is 7.61. The molecule has 0 heterocycles. The van der Waals surface area contributed by atoms with Crippen molar-refractivity contribution < 1.29 is 9.84 Å². The maximum atomic E-state index is 10.9. The fraction of sp³-hybridized carbons (Fsp3) is 0.692. The Morgan fingerprint density at radius 2 is 2.00 bits per heavy atom. The molecular formula is C26H38O2. The second kappa shape index (κ2) is 8.22. The molecule has 0 unspecified atom stereocenters. The number of aliphatic hydroxyl groups excluding tert-OH is 1. The predicted molar refractivity (Wildman–Crippen MR) is 117 cm³/mol. The van der Waals surface area contributed by atoms with Crippen LogP contribution in [0.15, 0.2) is 23.8 Å². The van der Waals surface area contributed by atoms with E-state index >= 15 is 0 Å². The van der Waals surface area contributed by atoms with Crippen LogP contribution in [0.4, 0.5) is 0 Å². The molecule has 1 fully saturated rings. The molecule has 28 heavy (non-hydrogen) atoms. The molecule has 154 valence electrons. The van der Waals surface area contributed by atoms with Gasteiger partial charge in [0.25, 0.3) is 0 Å². The van der Waals surface area contributed by atoms with Crippen LogP contribution in [0.2, 0.25) is 0 Å². The Bertz CT molecular complexity index is 732. The van der Waals surface area contributed by atoms with Crippen LogP contribution in [-0.4, -0.2) is 17.8 Å². The summed E-state index contributed by atoms with van der Waals surface area (Å²) in [4.78, 5) is 0. The van der Waals surface area contributed by atoms with Gasteiger partial charge in [-0.1, -0.05) is 45.3 Å². The van der Waals surface area contributed by atoms with Crippen LogP contribution in [0.25, 0.3) is 5.57 Å². The third-order valence-electron chi connectivity index (χ3n) is 7.61. The molecule has 0 aromatic heterocycles. The Morgan fingerprint density at radius 1 is 1.14 bits per heavy atom. The highest BCUT2D eigenvalue weighted by molar-refractivity contribution is 5.75. The molecule has 0 radical (unpaired) electrons. The number of unbranched alkanes of at least 4 members (excludes halogenated alkanes) is 2. The van der Waals surface area contributed by atoms with Crippen LogP contribution in [0.3, 0.4) is 0 Å². The smallest absolute Gasteiger partial charge is 0.119 e. The van der Waals surface area contributed by atoms with Crippen LogP contribution >= 0.6 is 0 Å². The Labute approximate surface area is 171 Å². The van der Waals surface area contributed by atoms with Crippen molar-refractivity contribution in [3.63, 3.8) is 0 Å². The quantitative estimate of drug-likeness (QED) is 0.542. The molecule has 0 aliphatic heterocycles. The lowest BCUT2D eigenvalue weighted by atomic mass is 9.59. The van der Waals surface area contributed by atoms with Crippen molar-refractivity contribution in [3.8, 4) is 5.75 Å². The summed E-state index contributed by atoms with van der Waals surface area (Å²) in [5.74, 6) is 2.30. The van der Waals surface area contributed by atoms with Crippen LogP contribution < -0.4 is 4.74 Å². The zero-order valence-electron chi connectivity index (χ0n) is 18.1. The summed E-state index contributed by atoms with van der Waals surface area (Å²) in [5, 5.41) is 10.9. The van der Waals surface area contributed by atoms with E-state index in [0.717, 1.165) is 44.5 Å². The number of rotatable bonds is 7. The predicted octanol–water partition coefficient (Wildman–Crippen LogP) is 6.55. The van der Waals surface area contributed by atoms with Gasteiger partial charge in [-0.2, -0.15) is 0 Å². The summed E-state index contributed by atoms with van der Waals surface area (Å²) in [7, 11) is 0. The fourth-order valence-corrected chi connectivity index (χ4v) is 6.47. The minimum absolute atomic E-state index is 0.103. The van der Waals surface area contributed by atoms with Crippen molar-refractivity contribution in [3.05, 3.63) is 34.9 Å². The molecule has 1 aromatic carbocycles. The maximum absolute atomic E-state index is 10.9. The summed E-state index contributed by atoms with van der Waals surface area (Å²) in [6, 6.07) is 6.80. The molecular weight excluding hydrogens is 344 g/mol. The molecule has 3 atom stereocenters. The topological polar surface area (TPSA) is 29.5 Å². The Morgan fingerprint density at radius 3 is 2.79 bits per heavy atom. The second-order valence-corrected chi connectivity index (χ2v) is 9.86. The zero-order chi connectivity index (χ0) is 19.7. The number of ether oxygens (including phenoxy) is 1. The fourth-order valence-electron chi connectivity index (χ4n) is 6.47. The lowest BCUT2D eigenvalue weighted by molar-refractivity contribution is 0.00583. The molecule has 3 aliphatic rings. The van der Waals surface area contributed by atoms with Gasteiger partial charge in [-0.15, -0.1) is 0 Å². The van der Waals surface area contributed by atoms with Gasteiger partial charge in [0.05, 0.1) is 12.7 Å². The van der Waals surface area contributed by atoms with E-state index in [1.807, 2.05) is 0 Å². The van der Waals surface area contributed by atoms with Crippen molar-refractivity contribution in [2.45, 2.75) is 91.1 Å². The molecule has 0 spiro atoms. The van der Waals surface area contributed by atoms with E-state index in [1.165, 1.54) is 43.2 Å². The van der Waals surface area contributed by atoms with E-state index in [2.05, 4.69) is 39.0 Å². The number of benzene rings is 1. The van der Waals surface area contributed by atoms with E-state index in [4.69, 9.17) is 4.74 Å². The highest BCUT2D eigenvalue weighted by atomic mass is 16.5. The van der Waals surface area contributed by atoms with E-state index in [9.17, 15) is 5.11 Å². The van der Waals surface area contributed by atoms with Crippen molar-refractivity contribution in [2.24, 2.45) is 17.3 Å². The Hall–Kier alpha value is -1.28. The van der Waals surface area contributed by atoms with Gasteiger partial charge in [0.2, 0.25) is 0 Å². The first-order chi connectivity index (χ1) is 13.5. The third kappa shape index (κ3) is 3.54. The van der Waals surface area contributed by atoms with Crippen LogP contribution in [0.5, 0.6) is 5.75 Å². The first-order valence-corrected chi connectivity index (χ1v) is 11.7. The van der Waals surface area contributed by atoms with Crippen molar-refractivity contribution >= 4 is 5.57 Å². The normalized spacial score (nSPS) is 28.9. The minimum atomic E-state index is -0.103. The van der Waals surface area contributed by atoms with Gasteiger partial charge < -0.3 is 9.84 Å². The molecule has 1 aromatic rings. The molecule has 0 amide bonds. The average Bonchev–Trinajstić information content (AvgIpc) is 3.00. The van der Waals surface area contributed by atoms with Gasteiger partial charge in [-0.05, 0) is 92.0 Å². The van der Waals surface area contributed by atoms with Gasteiger partial charge in [0.15, 0.2) is 0 Å². The van der Waals surface area contributed by atoms with E-state index in [0.29, 0.717) is 11.8 Å². The van der Waals surface area contributed by atoms with E-state index in [-0.39, 0.29) is 11.5 Å². The van der Waals surface area contributed by atoms with Crippen LogP contribution in [0, 0.1) is 17.3 Å². The second-order valence-electron chi connectivity index (χ2n) is 9.86. The van der Waals surface area contributed by atoms with Crippen molar-refractivity contribution in [1.29, 1.82) is 0 Å². The molecule has 0 saturated heterocycles. The highest BCUT2D eigenvalue weighted by Gasteiger charge is 2.53. The largest absolute Gasteiger partial charge is 0.494 e. The average molecular weight is 383 g/mol. The Kier molecular flexibility index (Phi) is 5.88.